The van der Waals surface area contributed by atoms with E-state index in [-0.39, 0.29) is 6.61 Å². The number of carboxylic acids is 1. The van der Waals surface area contributed by atoms with E-state index in [4.69, 9.17) is 24.1 Å². The maximum atomic E-state index is 12.4. The van der Waals surface area contributed by atoms with Gasteiger partial charge >= 0.3 is 11.9 Å². The van der Waals surface area contributed by atoms with E-state index in [0.29, 0.717) is 42.3 Å². The predicted molar refractivity (Wildman–Crippen MR) is 121 cm³/mol. The Balaban J connectivity index is 1.74. The first-order valence-corrected chi connectivity index (χ1v) is 10.4. The normalized spacial score (nSPS) is 11.2. The van der Waals surface area contributed by atoms with Crippen molar-refractivity contribution in [3.63, 3.8) is 0 Å². The van der Waals surface area contributed by atoms with Crippen molar-refractivity contribution in [1.82, 2.24) is 0 Å². The topological polar surface area (TPSA) is 91.3 Å². The van der Waals surface area contributed by atoms with Gasteiger partial charge in [-0.1, -0.05) is 18.2 Å². The number of carbonyl (C=O) groups is 2. The van der Waals surface area contributed by atoms with Crippen LogP contribution in [0.2, 0.25) is 0 Å². The molecule has 0 unspecified atom stereocenters. The molecule has 0 saturated carbocycles. The molecular weight excluding hydrogens is 412 g/mol. The van der Waals surface area contributed by atoms with Gasteiger partial charge in [-0.15, -0.1) is 0 Å². The second kappa shape index (κ2) is 11.8. The molecule has 0 spiro atoms. The van der Waals surface area contributed by atoms with Crippen molar-refractivity contribution in [2.75, 3.05) is 20.3 Å². The third kappa shape index (κ3) is 7.98. The van der Waals surface area contributed by atoms with E-state index in [1.165, 1.54) is 13.2 Å². The molecule has 2 rings (SSSR count). The number of hydrogen-bond donors (Lipinski definition) is 1. The molecular formula is C25H30O7. The number of carbonyl (C=O) groups excluding carboxylic acids is 1. The quantitative estimate of drug-likeness (QED) is 0.290. The highest BCUT2D eigenvalue weighted by Gasteiger charge is 2.31. The van der Waals surface area contributed by atoms with Gasteiger partial charge in [0, 0.05) is 6.08 Å². The number of unbranched alkanes of at least 4 members (excludes halogenated alkanes) is 1. The van der Waals surface area contributed by atoms with Gasteiger partial charge in [-0.3, -0.25) is 0 Å². The lowest BCUT2D eigenvalue weighted by atomic mass is 10.1. The fourth-order valence-electron chi connectivity index (χ4n) is 2.81. The van der Waals surface area contributed by atoms with E-state index >= 15 is 0 Å². The lowest BCUT2D eigenvalue weighted by Crippen LogP contribution is -2.39. The molecule has 7 nitrogen and oxygen atoms in total. The Morgan fingerprint density at radius 3 is 2.47 bits per heavy atom. The third-order valence-electron chi connectivity index (χ3n) is 4.49. The van der Waals surface area contributed by atoms with Crippen LogP contribution in [0.25, 0.3) is 6.08 Å². The van der Waals surface area contributed by atoms with Crippen LogP contribution in [0.3, 0.4) is 0 Å². The first kappa shape index (κ1) is 24.8. The number of carboxylic acid groups (broad SMARTS) is 1. The first-order chi connectivity index (χ1) is 15.2. The van der Waals surface area contributed by atoms with Crippen molar-refractivity contribution in [2.45, 2.75) is 39.2 Å². The van der Waals surface area contributed by atoms with Crippen LogP contribution in [-0.2, 0) is 14.3 Å². The van der Waals surface area contributed by atoms with Crippen LogP contribution in [0.5, 0.6) is 17.2 Å². The van der Waals surface area contributed by atoms with E-state index in [0.717, 1.165) is 11.6 Å². The highest BCUT2D eigenvalue weighted by Crippen LogP contribution is 2.28. The Labute approximate surface area is 188 Å². The highest BCUT2D eigenvalue weighted by atomic mass is 16.6. The molecule has 0 fully saturated rings. The maximum absolute atomic E-state index is 12.4. The fraction of sp³-hybridized carbons (Fsp3) is 0.360. The number of aliphatic carboxylic acids is 1. The number of esters is 1. The number of aryl methyl sites for hydroxylation is 1. The van der Waals surface area contributed by atoms with Crippen molar-refractivity contribution in [1.29, 1.82) is 0 Å². The lowest BCUT2D eigenvalue weighted by molar-refractivity contribution is -0.159. The molecule has 0 saturated heterocycles. The zero-order valence-corrected chi connectivity index (χ0v) is 18.9. The minimum atomic E-state index is -1.09. The summed E-state index contributed by atoms with van der Waals surface area (Å²) in [7, 11) is 1.52. The summed E-state index contributed by atoms with van der Waals surface area (Å²) in [6.45, 7) is 6.01. The Bertz CT molecular complexity index is 947. The van der Waals surface area contributed by atoms with Gasteiger partial charge in [-0.25, -0.2) is 9.59 Å². The Kier molecular flexibility index (Phi) is 9.13. The summed E-state index contributed by atoms with van der Waals surface area (Å²) in [5.41, 5.74) is 0.655. The molecule has 0 aliphatic rings. The van der Waals surface area contributed by atoms with Crippen LogP contribution < -0.4 is 14.2 Å². The monoisotopic (exact) mass is 442 g/mol. The molecule has 32 heavy (non-hydrogen) atoms. The largest absolute Gasteiger partial charge is 0.493 e. The third-order valence-corrected chi connectivity index (χ3v) is 4.49. The van der Waals surface area contributed by atoms with Gasteiger partial charge in [0.25, 0.3) is 0 Å². The van der Waals surface area contributed by atoms with Crippen LogP contribution in [0, 0.1) is 6.92 Å². The Morgan fingerprint density at radius 1 is 1.03 bits per heavy atom. The van der Waals surface area contributed by atoms with E-state index in [1.54, 1.807) is 32.0 Å². The van der Waals surface area contributed by atoms with Crippen LogP contribution >= 0.6 is 0 Å². The molecule has 0 aromatic heterocycles. The molecule has 2 aromatic carbocycles. The zero-order chi connectivity index (χ0) is 23.6. The van der Waals surface area contributed by atoms with E-state index in [9.17, 15) is 9.59 Å². The Hall–Kier alpha value is -3.48. The number of benzene rings is 2. The SMILES string of the molecule is COc1cc(/C=C/C(=O)O)ccc1OCCCCOC(=O)C(C)(C)Oc1cccc(C)c1. The molecule has 0 atom stereocenters. The van der Waals surface area contributed by atoms with Gasteiger partial charge in [0.1, 0.15) is 5.75 Å². The number of rotatable bonds is 12. The zero-order valence-electron chi connectivity index (χ0n) is 18.9. The van der Waals surface area contributed by atoms with Crippen molar-refractivity contribution in [3.8, 4) is 17.2 Å². The number of ether oxygens (including phenoxy) is 4. The summed E-state index contributed by atoms with van der Waals surface area (Å²) in [6.07, 6.45) is 3.85. The first-order valence-electron chi connectivity index (χ1n) is 10.4. The van der Waals surface area contributed by atoms with Gasteiger partial charge in [0.05, 0.1) is 20.3 Å². The average Bonchev–Trinajstić information content (AvgIpc) is 2.74. The van der Waals surface area contributed by atoms with Crippen molar-refractivity contribution >= 4 is 18.0 Å². The van der Waals surface area contributed by atoms with Gasteiger partial charge < -0.3 is 24.1 Å². The second-order valence-electron chi connectivity index (χ2n) is 7.70. The minimum absolute atomic E-state index is 0.263. The molecule has 172 valence electrons. The number of methoxy groups -OCH3 is 1. The van der Waals surface area contributed by atoms with Crippen molar-refractivity contribution in [3.05, 3.63) is 59.7 Å². The maximum Gasteiger partial charge on any atom is 0.349 e. The molecule has 0 radical (unpaired) electrons. The smallest absolute Gasteiger partial charge is 0.349 e. The van der Waals surface area contributed by atoms with Crippen LogP contribution in [0.15, 0.2) is 48.5 Å². The fourth-order valence-corrected chi connectivity index (χ4v) is 2.81. The van der Waals surface area contributed by atoms with E-state index in [2.05, 4.69) is 0 Å². The highest BCUT2D eigenvalue weighted by molar-refractivity contribution is 5.85. The van der Waals surface area contributed by atoms with Gasteiger partial charge in [0.15, 0.2) is 17.1 Å². The molecule has 7 heteroatoms. The van der Waals surface area contributed by atoms with E-state index < -0.39 is 17.5 Å². The standard InChI is InChI=1S/C25H30O7/c1-18-8-7-9-20(16-18)32-25(2,3)24(28)31-15-6-5-14-30-21-12-10-19(11-13-23(26)27)17-22(21)29-4/h7-13,16-17H,5-6,14-15H2,1-4H3,(H,26,27)/b13-11+. The summed E-state index contributed by atoms with van der Waals surface area (Å²) in [5.74, 6) is 0.254. The van der Waals surface area contributed by atoms with Crippen LogP contribution in [0.1, 0.15) is 37.8 Å². The summed E-state index contributed by atoms with van der Waals surface area (Å²) in [6, 6.07) is 12.7. The van der Waals surface area contributed by atoms with Crippen molar-refractivity contribution < 1.29 is 33.6 Å². The molecule has 1 N–H and O–H groups in total. The van der Waals surface area contributed by atoms with Gasteiger partial charge in [-0.05, 0) is 75.1 Å². The summed E-state index contributed by atoms with van der Waals surface area (Å²) >= 11 is 0. The summed E-state index contributed by atoms with van der Waals surface area (Å²) in [4.78, 5) is 23.0. The summed E-state index contributed by atoms with van der Waals surface area (Å²) < 4.78 is 22.2. The predicted octanol–water partition coefficient (Wildman–Crippen LogP) is 4.66. The number of hydrogen-bond acceptors (Lipinski definition) is 6. The molecule has 0 heterocycles. The molecule has 0 aliphatic carbocycles. The van der Waals surface area contributed by atoms with E-state index in [1.807, 2.05) is 31.2 Å². The Morgan fingerprint density at radius 2 is 1.78 bits per heavy atom. The molecule has 0 amide bonds. The van der Waals surface area contributed by atoms with Crippen molar-refractivity contribution in [2.24, 2.45) is 0 Å². The molecule has 0 bridgehead atoms. The average molecular weight is 443 g/mol. The van der Waals surface area contributed by atoms with Gasteiger partial charge in [-0.2, -0.15) is 0 Å². The van der Waals surface area contributed by atoms with Crippen LogP contribution in [0.4, 0.5) is 0 Å². The molecule has 2 aromatic rings. The minimum Gasteiger partial charge on any atom is -0.493 e. The summed E-state index contributed by atoms with van der Waals surface area (Å²) in [5, 5.41) is 8.72. The second-order valence-corrected chi connectivity index (χ2v) is 7.70. The van der Waals surface area contributed by atoms with Gasteiger partial charge in [0.2, 0.25) is 0 Å². The van der Waals surface area contributed by atoms with Crippen LogP contribution in [-0.4, -0.2) is 43.0 Å². The molecule has 0 aliphatic heterocycles. The lowest BCUT2D eigenvalue weighted by Gasteiger charge is -2.24.